The number of benzene rings is 3. The van der Waals surface area contributed by atoms with Gasteiger partial charge in [-0.2, -0.15) is 0 Å². The van der Waals surface area contributed by atoms with Crippen LogP contribution in [0.5, 0.6) is 0 Å². The maximum absolute atomic E-state index is 14.1. The zero-order chi connectivity index (χ0) is 29.4. The van der Waals surface area contributed by atoms with Crippen LogP contribution in [-0.4, -0.2) is 44.3 Å². The highest BCUT2D eigenvalue weighted by Crippen LogP contribution is 2.31. The predicted molar refractivity (Wildman–Crippen MR) is 161 cm³/mol. The minimum Gasteiger partial charge on any atom is -0.354 e. The van der Waals surface area contributed by atoms with Crippen molar-refractivity contribution in [2.75, 3.05) is 17.4 Å². The first-order valence-electron chi connectivity index (χ1n) is 12.8. The first kappa shape index (κ1) is 31.7. The van der Waals surface area contributed by atoms with E-state index in [1.807, 2.05) is 13.8 Å². The molecule has 40 heavy (non-hydrogen) atoms. The molecule has 0 radical (unpaired) electrons. The number of hydrogen-bond acceptors (Lipinski definition) is 4. The summed E-state index contributed by atoms with van der Waals surface area (Å²) in [6.45, 7) is 5.51. The van der Waals surface area contributed by atoms with E-state index in [1.54, 1.807) is 61.5 Å². The van der Waals surface area contributed by atoms with Gasteiger partial charge < -0.3 is 10.2 Å². The number of para-hydroxylation sites is 1. The molecule has 2 amide bonds. The van der Waals surface area contributed by atoms with E-state index in [0.717, 1.165) is 4.31 Å². The topological polar surface area (TPSA) is 86.8 Å². The standard InChI is InChI=1S/C29H32Cl3N3O4S/c1-4-26(29(37)33-17-20(2)3)34(18-21-14-15-22(30)16-25(21)32)28(36)19-35(27-13-9-8-12-24(27)31)40(38,39)23-10-6-5-7-11-23/h5-16,20,26H,4,17-19H2,1-3H3,(H,33,37). The number of hydrogen-bond donors (Lipinski definition) is 1. The van der Waals surface area contributed by atoms with Crippen LogP contribution in [0.1, 0.15) is 32.8 Å². The third-order valence-electron chi connectivity index (χ3n) is 6.16. The Balaban J connectivity index is 2.07. The van der Waals surface area contributed by atoms with Gasteiger partial charge in [-0.3, -0.25) is 13.9 Å². The van der Waals surface area contributed by atoms with Crippen LogP contribution in [0.4, 0.5) is 5.69 Å². The molecule has 0 fully saturated rings. The molecule has 0 aliphatic heterocycles. The molecule has 3 rings (SSSR count). The molecular weight excluding hydrogens is 593 g/mol. The Morgan fingerprint density at radius 3 is 2.15 bits per heavy atom. The lowest BCUT2D eigenvalue weighted by Crippen LogP contribution is -2.52. The summed E-state index contributed by atoms with van der Waals surface area (Å²) in [4.78, 5) is 28.7. The van der Waals surface area contributed by atoms with E-state index in [0.29, 0.717) is 28.6 Å². The Labute approximate surface area is 251 Å². The Kier molecular flexibility index (Phi) is 11.3. The Morgan fingerprint density at radius 2 is 1.55 bits per heavy atom. The number of amides is 2. The highest BCUT2D eigenvalue weighted by Gasteiger charge is 2.34. The zero-order valence-electron chi connectivity index (χ0n) is 22.5. The second kappa shape index (κ2) is 14.2. The molecule has 0 spiro atoms. The van der Waals surface area contributed by atoms with Gasteiger partial charge >= 0.3 is 0 Å². The highest BCUT2D eigenvalue weighted by atomic mass is 35.5. The van der Waals surface area contributed by atoms with Crippen molar-refractivity contribution in [1.82, 2.24) is 10.2 Å². The van der Waals surface area contributed by atoms with Crippen molar-refractivity contribution in [2.45, 2.75) is 44.7 Å². The SMILES string of the molecule is CCC(C(=O)NCC(C)C)N(Cc1ccc(Cl)cc1Cl)C(=O)CN(c1ccccc1Cl)S(=O)(=O)c1ccccc1. The predicted octanol–water partition coefficient (Wildman–Crippen LogP) is 6.42. The first-order chi connectivity index (χ1) is 18.9. The second-order valence-corrected chi connectivity index (χ2v) is 12.7. The van der Waals surface area contributed by atoms with Crippen LogP contribution in [0.15, 0.2) is 77.7 Å². The number of nitrogens with zero attached hydrogens (tertiary/aromatic N) is 2. The fourth-order valence-corrected chi connectivity index (χ4v) is 6.27. The van der Waals surface area contributed by atoms with Crippen LogP contribution in [0.3, 0.4) is 0 Å². The Hall–Kier alpha value is -2.78. The van der Waals surface area contributed by atoms with Gasteiger partial charge in [-0.25, -0.2) is 8.42 Å². The summed E-state index contributed by atoms with van der Waals surface area (Å²) < 4.78 is 28.6. The molecule has 7 nitrogen and oxygen atoms in total. The fraction of sp³-hybridized carbons (Fsp3) is 0.310. The summed E-state index contributed by atoms with van der Waals surface area (Å²) in [5.41, 5.74) is 0.702. The molecular formula is C29H32Cl3N3O4S. The molecule has 214 valence electrons. The lowest BCUT2D eigenvalue weighted by Gasteiger charge is -2.33. The van der Waals surface area contributed by atoms with Crippen LogP contribution < -0.4 is 9.62 Å². The van der Waals surface area contributed by atoms with Gasteiger partial charge in [0.15, 0.2) is 0 Å². The molecule has 1 atom stereocenters. The summed E-state index contributed by atoms with van der Waals surface area (Å²) in [6, 6.07) is 18.2. The highest BCUT2D eigenvalue weighted by molar-refractivity contribution is 7.92. The Bertz CT molecular complexity index is 1440. The third kappa shape index (κ3) is 7.91. The third-order valence-corrected chi connectivity index (χ3v) is 8.84. The van der Waals surface area contributed by atoms with E-state index >= 15 is 0 Å². The normalized spacial score (nSPS) is 12.2. The van der Waals surface area contributed by atoms with E-state index in [4.69, 9.17) is 34.8 Å². The van der Waals surface area contributed by atoms with Crippen molar-refractivity contribution < 1.29 is 18.0 Å². The largest absolute Gasteiger partial charge is 0.354 e. The molecule has 0 aliphatic rings. The van der Waals surface area contributed by atoms with Crippen molar-refractivity contribution in [3.8, 4) is 0 Å². The quantitative estimate of drug-likeness (QED) is 0.252. The van der Waals surface area contributed by atoms with Crippen molar-refractivity contribution in [3.05, 3.63) is 93.4 Å². The summed E-state index contributed by atoms with van der Waals surface area (Å²) >= 11 is 18.9. The maximum atomic E-state index is 14.1. The lowest BCUT2D eigenvalue weighted by atomic mass is 10.1. The molecule has 11 heteroatoms. The number of rotatable bonds is 12. The lowest BCUT2D eigenvalue weighted by molar-refractivity contribution is -0.140. The summed E-state index contributed by atoms with van der Waals surface area (Å²) in [7, 11) is -4.21. The van der Waals surface area contributed by atoms with E-state index < -0.39 is 28.5 Å². The monoisotopic (exact) mass is 623 g/mol. The number of carbonyl (C=O) groups is 2. The summed E-state index contributed by atoms with van der Waals surface area (Å²) in [5.74, 6) is -0.745. The first-order valence-corrected chi connectivity index (χ1v) is 15.4. The summed E-state index contributed by atoms with van der Waals surface area (Å²) in [5, 5.41) is 3.79. The minimum atomic E-state index is -4.21. The number of anilines is 1. The van der Waals surface area contributed by atoms with Gasteiger partial charge in [0.1, 0.15) is 12.6 Å². The average molecular weight is 625 g/mol. The molecule has 0 aliphatic carbocycles. The molecule has 1 N–H and O–H groups in total. The number of carbonyl (C=O) groups excluding carboxylic acids is 2. The second-order valence-electron chi connectivity index (χ2n) is 9.60. The average Bonchev–Trinajstić information content (AvgIpc) is 2.92. The number of halogens is 3. The summed E-state index contributed by atoms with van der Waals surface area (Å²) in [6.07, 6.45) is 0.290. The van der Waals surface area contributed by atoms with E-state index in [-0.39, 0.29) is 34.0 Å². The van der Waals surface area contributed by atoms with Crippen LogP contribution in [0.2, 0.25) is 15.1 Å². The molecule has 0 heterocycles. The van der Waals surface area contributed by atoms with E-state index in [2.05, 4.69) is 5.32 Å². The zero-order valence-corrected chi connectivity index (χ0v) is 25.6. The van der Waals surface area contributed by atoms with Gasteiger partial charge in [0, 0.05) is 23.1 Å². The van der Waals surface area contributed by atoms with Gasteiger partial charge in [0.25, 0.3) is 10.0 Å². The van der Waals surface area contributed by atoms with Crippen molar-refractivity contribution in [3.63, 3.8) is 0 Å². The molecule has 1 unspecified atom stereocenters. The number of nitrogens with one attached hydrogen (secondary N) is 1. The van der Waals surface area contributed by atoms with Crippen molar-refractivity contribution in [1.29, 1.82) is 0 Å². The van der Waals surface area contributed by atoms with Gasteiger partial charge in [-0.05, 0) is 54.3 Å². The molecule has 0 bridgehead atoms. The smallest absolute Gasteiger partial charge is 0.264 e. The van der Waals surface area contributed by atoms with Gasteiger partial charge in [0.2, 0.25) is 11.8 Å². The van der Waals surface area contributed by atoms with Crippen molar-refractivity contribution >= 4 is 62.3 Å². The molecule has 0 saturated carbocycles. The van der Waals surface area contributed by atoms with Gasteiger partial charge in [0.05, 0.1) is 15.6 Å². The fourth-order valence-electron chi connectivity index (χ4n) is 4.06. The van der Waals surface area contributed by atoms with E-state index in [1.165, 1.54) is 23.1 Å². The minimum absolute atomic E-state index is 0.00302. The molecule has 3 aromatic carbocycles. The van der Waals surface area contributed by atoms with E-state index in [9.17, 15) is 18.0 Å². The van der Waals surface area contributed by atoms with Gasteiger partial charge in [-0.15, -0.1) is 0 Å². The van der Waals surface area contributed by atoms with Crippen LogP contribution in [-0.2, 0) is 26.2 Å². The molecule has 0 saturated heterocycles. The van der Waals surface area contributed by atoms with Crippen LogP contribution in [0.25, 0.3) is 0 Å². The van der Waals surface area contributed by atoms with Gasteiger partial charge in [-0.1, -0.05) is 92.0 Å². The molecule has 3 aromatic rings. The van der Waals surface area contributed by atoms with Crippen LogP contribution >= 0.6 is 34.8 Å². The molecule has 0 aromatic heterocycles. The Morgan fingerprint density at radius 1 is 0.900 bits per heavy atom. The van der Waals surface area contributed by atoms with Crippen LogP contribution in [0, 0.1) is 5.92 Å². The maximum Gasteiger partial charge on any atom is 0.264 e. The number of sulfonamides is 1. The van der Waals surface area contributed by atoms with Crippen molar-refractivity contribution in [2.24, 2.45) is 5.92 Å².